The number of fused-ring (bicyclic) bond motifs is 3. The molecule has 0 unspecified atom stereocenters. The first-order chi connectivity index (χ1) is 11.2. The van der Waals surface area contributed by atoms with Crippen LogP contribution >= 0.6 is 23.1 Å². The molecule has 1 N–H and O–H groups in total. The number of aryl methyl sites for hydroxylation is 3. The van der Waals surface area contributed by atoms with Gasteiger partial charge < -0.3 is 5.32 Å². The largest absolute Gasteiger partial charge is 0.340 e. The molecule has 0 aliphatic heterocycles. The minimum Gasteiger partial charge on any atom is -0.340 e. The minimum atomic E-state index is 0.839. The number of hydrogen-bond acceptors (Lipinski definition) is 5. The van der Waals surface area contributed by atoms with Gasteiger partial charge in [-0.05, 0) is 62.1 Å². The molecule has 0 bridgehead atoms. The third-order valence-corrected chi connectivity index (χ3v) is 5.99. The Labute approximate surface area is 144 Å². The number of nitrogens with one attached hydrogen (secondary N) is 1. The molecule has 118 valence electrons. The van der Waals surface area contributed by atoms with Crippen LogP contribution in [0.15, 0.2) is 29.4 Å². The molecule has 0 saturated heterocycles. The molecule has 1 aliphatic carbocycles. The Balaban J connectivity index is 1.87. The summed E-state index contributed by atoms with van der Waals surface area (Å²) in [5, 5.41) is 5.62. The molecule has 0 fully saturated rings. The van der Waals surface area contributed by atoms with Crippen LogP contribution in [0.25, 0.3) is 10.2 Å². The van der Waals surface area contributed by atoms with Gasteiger partial charge in [-0.3, -0.25) is 0 Å². The molecule has 0 spiro atoms. The number of benzene rings is 1. The first-order valence-electron chi connectivity index (χ1n) is 7.94. The van der Waals surface area contributed by atoms with Crippen LogP contribution < -0.4 is 5.32 Å². The summed E-state index contributed by atoms with van der Waals surface area (Å²) < 4.78 is 0. The van der Waals surface area contributed by atoms with Crippen LogP contribution in [0, 0.1) is 6.92 Å². The quantitative estimate of drug-likeness (QED) is 0.515. The summed E-state index contributed by atoms with van der Waals surface area (Å²) in [5.41, 5.74) is 3.81. The standard InChI is InChI=1S/C18H19N3S2/c1-11-6-5-7-12(10-11)19-16-15-13-8-3-4-9-14(13)23-17(15)21-18(20-16)22-2/h5-7,10H,3-4,8-9H2,1-2H3,(H,19,20,21). The molecule has 4 rings (SSSR count). The summed E-state index contributed by atoms with van der Waals surface area (Å²) in [4.78, 5) is 12.2. The monoisotopic (exact) mass is 341 g/mol. The van der Waals surface area contributed by atoms with E-state index in [0.717, 1.165) is 27.9 Å². The van der Waals surface area contributed by atoms with Crippen molar-refractivity contribution < 1.29 is 0 Å². The highest BCUT2D eigenvalue weighted by molar-refractivity contribution is 7.98. The number of aromatic nitrogens is 2. The summed E-state index contributed by atoms with van der Waals surface area (Å²) in [6, 6.07) is 8.44. The Hall–Kier alpha value is -1.59. The highest BCUT2D eigenvalue weighted by Crippen LogP contribution is 2.40. The minimum absolute atomic E-state index is 0.839. The fraction of sp³-hybridized carbons (Fsp3) is 0.333. The Bertz CT molecular complexity index is 870. The maximum Gasteiger partial charge on any atom is 0.190 e. The van der Waals surface area contributed by atoms with Crippen LogP contribution in [0.5, 0.6) is 0 Å². The summed E-state index contributed by atoms with van der Waals surface area (Å²) in [6.07, 6.45) is 6.94. The second kappa shape index (κ2) is 6.13. The summed E-state index contributed by atoms with van der Waals surface area (Å²) in [5.74, 6) is 0.962. The van der Waals surface area contributed by atoms with Gasteiger partial charge in [-0.15, -0.1) is 11.3 Å². The fourth-order valence-corrected chi connectivity index (χ4v) is 4.86. The molecule has 23 heavy (non-hydrogen) atoms. The first kappa shape index (κ1) is 15.0. The fourth-order valence-electron chi connectivity index (χ4n) is 3.18. The molecule has 5 heteroatoms. The normalized spacial score (nSPS) is 14.0. The van der Waals surface area contributed by atoms with Crippen molar-refractivity contribution >= 4 is 44.8 Å². The maximum atomic E-state index is 4.77. The lowest BCUT2D eigenvalue weighted by Gasteiger charge is -2.13. The molecule has 2 heterocycles. The Morgan fingerprint density at radius 3 is 2.87 bits per heavy atom. The zero-order chi connectivity index (χ0) is 15.8. The van der Waals surface area contributed by atoms with Crippen molar-refractivity contribution in [2.24, 2.45) is 0 Å². The van der Waals surface area contributed by atoms with E-state index >= 15 is 0 Å². The molecule has 0 atom stereocenters. The van der Waals surface area contributed by atoms with Gasteiger partial charge in [0.05, 0.1) is 5.39 Å². The highest BCUT2D eigenvalue weighted by Gasteiger charge is 2.21. The number of nitrogens with zero attached hydrogens (tertiary/aromatic N) is 2. The van der Waals surface area contributed by atoms with Gasteiger partial charge >= 0.3 is 0 Å². The van der Waals surface area contributed by atoms with Gasteiger partial charge in [0.25, 0.3) is 0 Å². The van der Waals surface area contributed by atoms with Crippen molar-refractivity contribution in [2.75, 3.05) is 11.6 Å². The second-order valence-electron chi connectivity index (χ2n) is 5.94. The SMILES string of the molecule is CSc1nc(Nc2cccc(C)c2)c2c3c(sc2n1)CCCC3. The van der Waals surface area contributed by atoms with E-state index in [1.807, 2.05) is 17.6 Å². The van der Waals surface area contributed by atoms with E-state index < -0.39 is 0 Å². The Kier molecular flexibility index (Phi) is 3.99. The van der Waals surface area contributed by atoms with Crippen LogP contribution in [0.3, 0.4) is 0 Å². The van der Waals surface area contributed by atoms with E-state index in [4.69, 9.17) is 9.97 Å². The third-order valence-electron chi connectivity index (χ3n) is 4.26. The van der Waals surface area contributed by atoms with Gasteiger partial charge in [0.2, 0.25) is 0 Å². The van der Waals surface area contributed by atoms with Crippen LogP contribution in [0.4, 0.5) is 11.5 Å². The molecule has 2 aromatic heterocycles. The topological polar surface area (TPSA) is 37.8 Å². The average molecular weight is 342 g/mol. The van der Waals surface area contributed by atoms with Crippen LogP contribution in [-0.2, 0) is 12.8 Å². The number of hydrogen-bond donors (Lipinski definition) is 1. The van der Waals surface area contributed by atoms with Crippen LogP contribution in [0.1, 0.15) is 28.8 Å². The Morgan fingerprint density at radius 1 is 1.17 bits per heavy atom. The van der Waals surface area contributed by atoms with Gasteiger partial charge in [0.1, 0.15) is 10.6 Å². The number of thiophene rings is 1. The third kappa shape index (κ3) is 2.83. The van der Waals surface area contributed by atoms with Crippen molar-refractivity contribution in [3.63, 3.8) is 0 Å². The Morgan fingerprint density at radius 2 is 2.04 bits per heavy atom. The summed E-state index contributed by atoms with van der Waals surface area (Å²) >= 11 is 3.45. The molecule has 0 radical (unpaired) electrons. The van der Waals surface area contributed by atoms with Crippen molar-refractivity contribution in [1.29, 1.82) is 0 Å². The number of rotatable bonds is 3. The zero-order valence-corrected chi connectivity index (χ0v) is 15.0. The van der Waals surface area contributed by atoms with E-state index in [0.29, 0.717) is 0 Å². The van der Waals surface area contributed by atoms with Crippen molar-refractivity contribution in [3.05, 3.63) is 40.3 Å². The molecule has 0 saturated carbocycles. The molecule has 1 aromatic carbocycles. The van der Waals surface area contributed by atoms with Crippen LogP contribution in [-0.4, -0.2) is 16.2 Å². The first-order valence-corrected chi connectivity index (χ1v) is 9.98. The summed E-state index contributed by atoms with van der Waals surface area (Å²) in [6.45, 7) is 2.11. The van der Waals surface area contributed by atoms with Gasteiger partial charge in [0, 0.05) is 10.6 Å². The van der Waals surface area contributed by atoms with Gasteiger partial charge in [-0.1, -0.05) is 23.9 Å². The molecule has 0 amide bonds. The molecular formula is C18H19N3S2. The predicted molar refractivity (Wildman–Crippen MR) is 100 cm³/mol. The van der Waals surface area contributed by atoms with E-state index in [1.165, 1.54) is 40.7 Å². The maximum absolute atomic E-state index is 4.77. The lowest BCUT2D eigenvalue weighted by Crippen LogP contribution is -2.02. The molecule has 3 aromatic rings. The predicted octanol–water partition coefficient (Wildman–Crippen LogP) is 5.34. The van der Waals surface area contributed by atoms with Gasteiger partial charge in [-0.2, -0.15) is 0 Å². The van der Waals surface area contributed by atoms with Gasteiger partial charge in [0.15, 0.2) is 5.16 Å². The highest BCUT2D eigenvalue weighted by atomic mass is 32.2. The summed E-state index contributed by atoms with van der Waals surface area (Å²) in [7, 11) is 0. The average Bonchev–Trinajstić information content (AvgIpc) is 2.93. The number of thioether (sulfide) groups is 1. The lowest BCUT2D eigenvalue weighted by molar-refractivity contribution is 0.700. The number of anilines is 2. The van der Waals surface area contributed by atoms with Crippen molar-refractivity contribution in [3.8, 4) is 0 Å². The van der Waals surface area contributed by atoms with E-state index in [1.54, 1.807) is 11.8 Å². The smallest absolute Gasteiger partial charge is 0.190 e. The second-order valence-corrected chi connectivity index (χ2v) is 7.80. The van der Waals surface area contributed by atoms with Crippen molar-refractivity contribution in [2.45, 2.75) is 37.8 Å². The van der Waals surface area contributed by atoms with E-state index in [2.05, 4.69) is 36.5 Å². The van der Waals surface area contributed by atoms with E-state index in [-0.39, 0.29) is 0 Å². The molecule has 3 nitrogen and oxygen atoms in total. The zero-order valence-electron chi connectivity index (χ0n) is 13.3. The molecular weight excluding hydrogens is 322 g/mol. The lowest BCUT2D eigenvalue weighted by atomic mass is 9.97. The van der Waals surface area contributed by atoms with E-state index in [9.17, 15) is 0 Å². The van der Waals surface area contributed by atoms with Crippen molar-refractivity contribution in [1.82, 2.24) is 9.97 Å². The molecule has 1 aliphatic rings. The van der Waals surface area contributed by atoms with Crippen LogP contribution in [0.2, 0.25) is 0 Å². The van der Waals surface area contributed by atoms with Gasteiger partial charge in [-0.25, -0.2) is 9.97 Å².